The summed E-state index contributed by atoms with van der Waals surface area (Å²) >= 11 is 0. The highest BCUT2D eigenvalue weighted by Crippen LogP contribution is 2.33. The van der Waals surface area contributed by atoms with E-state index >= 15 is 0 Å². The number of hydrogen-bond donors (Lipinski definition) is 4. The van der Waals surface area contributed by atoms with Crippen LogP contribution in [0.15, 0.2) is 6.33 Å². The normalized spacial score (nSPS) is 27.3. The van der Waals surface area contributed by atoms with E-state index in [0.29, 0.717) is 11.2 Å². The van der Waals surface area contributed by atoms with Crippen molar-refractivity contribution in [2.75, 3.05) is 24.7 Å². The van der Waals surface area contributed by atoms with Crippen LogP contribution in [0.1, 0.15) is 6.23 Å². The third-order valence-corrected chi connectivity index (χ3v) is 3.59. The number of aliphatic hydroxyl groups excluding tert-OH is 2. The second-order valence-electron chi connectivity index (χ2n) is 5.01. The lowest BCUT2D eigenvalue weighted by molar-refractivity contribution is -0.0560. The third kappa shape index (κ3) is 2.55. The molecule has 1 aliphatic heterocycles. The molecule has 4 atom stereocenters. The number of rotatable bonds is 4. The largest absolute Gasteiger partial charge is 0.394 e. The van der Waals surface area contributed by atoms with Gasteiger partial charge in [0.05, 0.1) is 12.9 Å². The maximum absolute atomic E-state index is 10.5. The second kappa shape index (κ2) is 5.98. The summed E-state index contributed by atoms with van der Waals surface area (Å²) in [7, 11) is 0. The topological polar surface area (TPSA) is 155 Å². The van der Waals surface area contributed by atoms with Gasteiger partial charge in [0.2, 0.25) is 5.95 Å². The van der Waals surface area contributed by atoms with Crippen LogP contribution < -0.4 is 11.5 Å². The Morgan fingerprint density at radius 1 is 1.43 bits per heavy atom. The molecule has 0 aliphatic carbocycles. The fraction of sp³-hybridized carbons (Fsp3) is 0.462. The number of nitrogen functional groups attached to an aromatic ring is 2. The quantitative estimate of drug-likeness (QED) is 0.480. The van der Waals surface area contributed by atoms with Crippen LogP contribution in [0, 0.1) is 12.3 Å². The molecule has 2 aromatic rings. The fourth-order valence-corrected chi connectivity index (χ4v) is 2.59. The van der Waals surface area contributed by atoms with E-state index in [1.165, 1.54) is 10.9 Å². The van der Waals surface area contributed by atoms with Gasteiger partial charge in [-0.3, -0.25) is 4.57 Å². The fourth-order valence-electron chi connectivity index (χ4n) is 2.59. The Morgan fingerprint density at radius 2 is 2.22 bits per heavy atom. The van der Waals surface area contributed by atoms with Gasteiger partial charge in [-0.1, -0.05) is 5.92 Å². The summed E-state index contributed by atoms with van der Waals surface area (Å²) in [5.74, 6) is 2.41. The van der Waals surface area contributed by atoms with Crippen LogP contribution in [0.5, 0.6) is 0 Å². The van der Waals surface area contributed by atoms with E-state index in [1.54, 1.807) is 0 Å². The maximum atomic E-state index is 10.5. The molecule has 10 nitrogen and oxygen atoms in total. The lowest BCUT2D eigenvalue weighted by atomic mass is 10.1. The average molecular weight is 320 g/mol. The van der Waals surface area contributed by atoms with Gasteiger partial charge in [-0.05, 0) is 0 Å². The first-order valence-corrected chi connectivity index (χ1v) is 6.81. The number of nitrogens with two attached hydrogens (primary N) is 2. The number of nitrogens with zero attached hydrogens (tertiary/aromatic N) is 4. The van der Waals surface area contributed by atoms with E-state index in [2.05, 4.69) is 20.9 Å². The SMILES string of the molecule is C#CCO[C@H]1[C@@H](O)[C@H](n2cnc3c(N)nc(N)nc32)O[C@@H]1CO. The van der Waals surface area contributed by atoms with Gasteiger partial charge < -0.3 is 31.2 Å². The summed E-state index contributed by atoms with van der Waals surface area (Å²) < 4.78 is 12.5. The number of anilines is 2. The summed E-state index contributed by atoms with van der Waals surface area (Å²) in [6.07, 6.45) is 3.07. The van der Waals surface area contributed by atoms with Gasteiger partial charge >= 0.3 is 0 Å². The van der Waals surface area contributed by atoms with Crippen LogP contribution in [-0.2, 0) is 9.47 Å². The van der Waals surface area contributed by atoms with E-state index < -0.39 is 24.5 Å². The Balaban J connectivity index is 1.97. The average Bonchev–Trinajstić information content (AvgIpc) is 3.06. The summed E-state index contributed by atoms with van der Waals surface area (Å²) in [5, 5.41) is 19.9. The molecule has 0 saturated carbocycles. The molecule has 10 heteroatoms. The number of terminal acetylenes is 1. The third-order valence-electron chi connectivity index (χ3n) is 3.59. The summed E-state index contributed by atoms with van der Waals surface area (Å²) in [4.78, 5) is 12.0. The van der Waals surface area contributed by atoms with Crippen molar-refractivity contribution in [1.82, 2.24) is 19.5 Å². The monoisotopic (exact) mass is 320 g/mol. The molecule has 0 bridgehead atoms. The van der Waals surface area contributed by atoms with Crippen molar-refractivity contribution >= 4 is 22.9 Å². The minimum atomic E-state index is -1.09. The molecule has 3 heterocycles. The Kier molecular flexibility index (Phi) is 4.01. The van der Waals surface area contributed by atoms with Crippen molar-refractivity contribution in [1.29, 1.82) is 0 Å². The number of aromatic nitrogens is 4. The maximum Gasteiger partial charge on any atom is 0.224 e. The number of fused-ring (bicyclic) bond motifs is 1. The lowest BCUT2D eigenvalue weighted by Crippen LogP contribution is -2.36. The van der Waals surface area contributed by atoms with Crippen LogP contribution in [-0.4, -0.2) is 61.3 Å². The minimum absolute atomic E-state index is 0.0128. The highest BCUT2D eigenvalue weighted by Gasteiger charge is 2.45. The van der Waals surface area contributed by atoms with Crippen molar-refractivity contribution in [2.45, 2.75) is 24.5 Å². The molecular formula is C13H16N6O4. The Hall–Kier alpha value is -2.45. The predicted octanol–water partition coefficient (Wildman–Crippen LogP) is -1.74. The number of imidazole rings is 1. The number of hydrogen-bond acceptors (Lipinski definition) is 9. The molecule has 23 heavy (non-hydrogen) atoms. The zero-order valence-electron chi connectivity index (χ0n) is 12.0. The molecule has 0 aromatic carbocycles. The van der Waals surface area contributed by atoms with E-state index in [9.17, 15) is 10.2 Å². The standard InChI is InChI=1S/C13H16N6O4/c1-2-3-22-9-6(4-20)23-12(8(9)21)19-5-16-7-10(14)17-13(15)18-11(7)19/h1,5-6,8-9,12,20-21H,3-4H2,(H4,14,15,17,18)/t6-,8-,9-,12-/m1/s1. The van der Waals surface area contributed by atoms with Gasteiger partial charge in [0, 0.05) is 0 Å². The van der Waals surface area contributed by atoms with Gasteiger partial charge in [-0.15, -0.1) is 6.42 Å². The van der Waals surface area contributed by atoms with Gasteiger partial charge in [-0.2, -0.15) is 9.97 Å². The molecule has 1 fully saturated rings. The summed E-state index contributed by atoms with van der Waals surface area (Å²) in [6, 6.07) is 0. The molecule has 0 spiro atoms. The molecule has 1 aliphatic rings. The first-order chi connectivity index (χ1) is 11.1. The van der Waals surface area contributed by atoms with Crippen LogP contribution >= 0.6 is 0 Å². The Bertz CT molecular complexity index is 757. The van der Waals surface area contributed by atoms with E-state index in [0.717, 1.165) is 0 Å². The molecule has 0 amide bonds. The van der Waals surface area contributed by atoms with Gasteiger partial charge in [0.1, 0.15) is 30.4 Å². The van der Waals surface area contributed by atoms with Crippen molar-refractivity contribution in [3.05, 3.63) is 6.33 Å². The summed E-state index contributed by atoms with van der Waals surface area (Å²) in [5.41, 5.74) is 12.0. The van der Waals surface area contributed by atoms with E-state index in [-0.39, 0.29) is 25.0 Å². The summed E-state index contributed by atoms with van der Waals surface area (Å²) in [6.45, 7) is -0.351. The van der Waals surface area contributed by atoms with Crippen molar-refractivity contribution in [2.24, 2.45) is 0 Å². The molecule has 6 N–H and O–H groups in total. The molecule has 122 valence electrons. The Morgan fingerprint density at radius 3 is 2.91 bits per heavy atom. The van der Waals surface area contributed by atoms with Gasteiger partial charge in [-0.25, -0.2) is 4.98 Å². The Labute approximate surface area is 131 Å². The molecule has 0 unspecified atom stereocenters. The van der Waals surface area contributed by atoms with Crippen LogP contribution in [0.2, 0.25) is 0 Å². The zero-order chi connectivity index (χ0) is 16.6. The number of ether oxygens (including phenoxy) is 2. The molecular weight excluding hydrogens is 304 g/mol. The first kappa shape index (κ1) is 15.4. The minimum Gasteiger partial charge on any atom is -0.394 e. The predicted molar refractivity (Wildman–Crippen MR) is 79.7 cm³/mol. The highest BCUT2D eigenvalue weighted by molar-refractivity contribution is 5.82. The van der Waals surface area contributed by atoms with Crippen molar-refractivity contribution in [3.63, 3.8) is 0 Å². The smallest absolute Gasteiger partial charge is 0.224 e. The first-order valence-electron chi connectivity index (χ1n) is 6.81. The molecule has 2 aromatic heterocycles. The molecule has 3 rings (SSSR count). The second-order valence-corrected chi connectivity index (χ2v) is 5.01. The van der Waals surface area contributed by atoms with Crippen LogP contribution in [0.25, 0.3) is 11.2 Å². The highest BCUT2D eigenvalue weighted by atomic mass is 16.6. The van der Waals surface area contributed by atoms with Crippen molar-refractivity contribution in [3.8, 4) is 12.3 Å². The van der Waals surface area contributed by atoms with Crippen LogP contribution in [0.3, 0.4) is 0 Å². The van der Waals surface area contributed by atoms with Crippen molar-refractivity contribution < 1.29 is 19.7 Å². The van der Waals surface area contributed by atoms with Gasteiger partial charge in [0.25, 0.3) is 0 Å². The van der Waals surface area contributed by atoms with Crippen LogP contribution in [0.4, 0.5) is 11.8 Å². The molecule has 0 radical (unpaired) electrons. The van der Waals surface area contributed by atoms with E-state index in [4.69, 9.17) is 27.4 Å². The number of aliphatic hydroxyl groups is 2. The van der Waals surface area contributed by atoms with Gasteiger partial charge in [0.15, 0.2) is 17.7 Å². The lowest BCUT2D eigenvalue weighted by Gasteiger charge is -2.18. The van der Waals surface area contributed by atoms with E-state index in [1.807, 2.05) is 0 Å². The molecule has 1 saturated heterocycles. The zero-order valence-corrected chi connectivity index (χ0v) is 12.0.